The molecule has 0 aromatic carbocycles. The predicted molar refractivity (Wildman–Crippen MR) is 72.9 cm³/mol. The Morgan fingerprint density at radius 3 is 2.59 bits per heavy atom. The van der Waals surface area contributed by atoms with E-state index in [1.165, 1.54) is 5.56 Å². The van der Waals surface area contributed by atoms with Gasteiger partial charge >= 0.3 is 0 Å². The van der Waals surface area contributed by atoms with Gasteiger partial charge in [0.2, 0.25) is 0 Å². The summed E-state index contributed by atoms with van der Waals surface area (Å²) in [4.78, 5) is 4.18. The quantitative estimate of drug-likeness (QED) is 0.792. The standard InChI is InChI=1S/C14H25N3/c1-11(2)13(8-15)17-10-14(3,4)12-6-5-7-16-9-12/h5-7,9,11,13,17H,8,10,15H2,1-4H3. The molecule has 3 nitrogen and oxygen atoms in total. The van der Waals surface area contributed by atoms with Crippen molar-refractivity contribution in [3.63, 3.8) is 0 Å². The molecule has 17 heavy (non-hydrogen) atoms. The van der Waals surface area contributed by atoms with E-state index in [0.717, 1.165) is 6.54 Å². The third kappa shape index (κ3) is 4.10. The van der Waals surface area contributed by atoms with Gasteiger partial charge < -0.3 is 11.1 Å². The van der Waals surface area contributed by atoms with Crippen LogP contribution in [0.5, 0.6) is 0 Å². The van der Waals surface area contributed by atoms with Crippen LogP contribution in [0.25, 0.3) is 0 Å². The van der Waals surface area contributed by atoms with E-state index in [1.54, 1.807) is 0 Å². The van der Waals surface area contributed by atoms with E-state index in [4.69, 9.17) is 5.73 Å². The molecule has 1 unspecified atom stereocenters. The van der Waals surface area contributed by atoms with Gasteiger partial charge in [-0.1, -0.05) is 33.8 Å². The molecular formula is C14H25N3. The first-order chi connectivity index (χ1) is 7.97. The van der Waals surface area contributed by atoms with Gasteiger partial charge in [0.15, 0.2) is 0 Å². The molecule has 0 fully saturated rings. The Balaban J connectivity index is 2.61. The molecule has 0 bridgehead atoms. The van der Waals surface area contributed by atoms with E-state index in [0.29, 0.717) is 18.5 Å². The van der Waals surface area contributed by atoms with Crippen molar-refractivity contribution in [3.05, 3.63) is 30.1 Å². The van der Waals surface area contributed by atoms with E-state index < -0.39 is 0 Å². The van der Waals surface area contributed by atoms with Crippen LogP contribution in [0.2, 0.25) is 0 Å². The van der Waals surface area contributed by atoms with Crippen molar-refractivity contribution in [2.45, 2.75) is 39.2 Å². The van der Waals surface area contributed by atoms with Gasteiger partial charge in [-0.15, -0.1) is 0 Å². The molecule has 1 rings (SSSR count). The van der Waals surface area contributed by atoms with Crippen LogP contribution in [0, 0.1) is 5.92 Å². The van der Waals surface area contributed by atoms with Crippen molar-refractivity contribution in [1.29, 1.82) is 0 Å². The molecule has 1 aromatic heterocycles. The van der Waals surface area contributed by atoms with Crippen LogP contribution >= 0.6 is 0 Å². The fourth-order valence-electron chi connectivity index (χ4n) is 1.84. The van der Waals surface area contributed by atoms with Crippen molar-refractivity contribution in [2.24, 2.45) is 11.7 Å². The fourth-order valence-corrected chi connectivity index (χ4v) is 1.84. The highest BCUT2D eigenvalue weighted by Gasteiger charge is 2.22. The lowest BCUT2D eigenvalue weighted by molar-refractivity contribution is 0.360. The van der Waals surface area contributed by atoms with Crippen LogP contribution in [0.1, 0.15) is 33.3 Å². The van der Waals surface area contributed by atoms with Gasteiger partial charge in [0.1, 0.15) is 0 Å². The number of rotatable bonds is 6. The molecule has 0 saturated heterocycles. The molecule has 3 N–H and O–H groups in total. The lowest BCUT2D eigenvalue weighted by Crippen LogP contribution is -2.45. The summed E-state index contributed by atoms with van der Waals surface area (Å²) in [5, 5.41) is 3.55. The number of nitrogens with two attached hydrogens (primary N) is 1. The molecule has 1 atom stereocenters. The summed E-state index contributed by atoms with van der Waals surface area (Å²) in [6, 6.07) is 4.49. The van der Waals surface area contributed by atoms with E-state index in [-0.39, 0.29) is 5.41 Å². The van der Waals surface area contributed by atoms with Crippen molar-refractivity contribution < 1.29 is 0 Å². The third-order valence-electron chi connectivity index (χ3n) is 3.31. The first-order valence-electron chi connectivity index (χ1n) is 6.31. The molecule has 96 valence electrons. The molecule has 0 aliphatic rings. The van der Waals surface area contributed by atoms with Crippen molar-refractivity contribution in [3.8, 4) is 0 Å². The zero-order chi connectivity index (χ0) is 12.9. The van der Waals surface area contributed by atoms with Gasteiger partial charge in [0.25, 0.3) is 0 Å². The summed E-state index contributed by atoms with van der Waals surface area (Å²) in [5.74, 6) is 0.560. The Bertz CT molecular complexity index is 319. The fraction of sp³-hybridized carbons (Fsp3) is 0.643. The van der Waals surface area contributed by atoms with Crippen LogP contribution in [0.3, 0.4) is 0 Å². The maximum absolute atomic E-state index is 5.77. The summed E-state index contributed by atoms with van der Waals surface area (Å²) in [6.45, 7) is 10.4. The summed E-state index contributed by atoms with van der Waals surface area (Å²) >= 11 is 0. The topological polar surface area (TPSA) is 50.9 Å². The molecule has 3 heteroatoms. The number of aromatic nitrogens is 1. The van der Waals surface area contributed by atoms with Gasteiger partial charge in [-0.3, -0.25) is 4.98 Å². The van der Waals surface area contributed by atoms with Gasteiger partial charge in [0, 0.05) is 36.9 Å². The van der Waals surface area contributed by atoms with Gasteiger partial charge in [-0.05, 0) is 17.5 Å². The minimum Gasteiger partial charge on any atom is -0.329 e. The highest BCUT2D eigenvalue weighted by atomic mass is 14.9. The first-order valence-corrected chi connectivity index (χ1v) is 6.31. The number of hydrogen-bond acceptors (Lipinski definition) is 3. The van der Waals surface area contributed by atoms with Crippen molar-refractivity contribution in [2.75, 3.05) is 13.1 Å². The van der Waals surface area contributed by atoms with Crippen molar-refractivity contribution >= 4 is 0 Å². The van der Waals surface area contributed by atoms with Crippen LogP contribution in [0.4, 0.5) is 0 Å². The lowest BCUT2D eigenvalue weighted by Gasteiger charge is -2.29. The molecule has 1 heterocycles. The van der Waals surface area contributed by atoms with E-state index in [1.807, 2.05) is 18.5 Å². The molecule has 0 spiro atoms. The summed E-state index contributed by atoms with van der Waals surface area (Å²) in [5.41, 5.74) is 7.10. The Labute approximate surface area is 105 Å². The second kappa shape index (κ2) is 6.12. The smallest absolute Gasteiger partial charge is 0.0305 e. The average Bonchev–Trinajstić information content (AvgIpc) is 2.30. The summed E-state index contributed by atoms with van der Waals surface area (Å²) < 4.78 is 0. The predicted octanol–water partition coefficient (Wildman–Crippen LogP) is 1.93. The molecule has 1 aromatic rings. The summed E-state index contributed by atoms with van der Waals surface area (Å²) in [6.07, 6.45) is 3.75. The van der Waals surface area contributed by atoms with Gasteiger partial charge in [-0.25, -0.2) is 0 Å². The first kappa shape index (κ1) is 14.1. The Hall–Kier alpha value is -0.930. The Kier molecular flexibility index (Phi) is 5.09. The van der Waals surface area contributed by atoms with Gasteiger partial charge in [-0.2, -0.15) is 0 Å². The zero-order valence-corrected chi connectivity index (χ0v) is 11.4. The van der Waals surface area contributed by atoms with E-state index in [9.17, 15) is 0 Å². The minimum atomic E-state index is 0.0799. The molecule has 0 amide bonds. The largest absolute Gasteiger partial charge is 0.329 e. The number of nitrogens with one attached hydrogen (secondary N) is 1. The molecule has 0 aliphatic carbocycles. The second-order valence-corrected chi connectivity index (χ2v) is 5.59. The van der Waals surface area contributed by atoms with Crippen LogP contribution in [-0.2, 0) is 5.41 Å². The average molecular weight is 235 g/mol. The monoisotopic (exact) mass is 235 g/mol. The van der Waals surface area contributed by atoms with Crippen LogP contribution < -0.4 is 11.1 Å². The minimum absolute atomic E-state index is 0.0799. The molecular weight excluding hydrogens is 210 g/mol. The SMILES string of the molecule is CC(C)C(CN)NCC(C)(C)c1cccnc1. The number of hydrogen-bond donors (Lipinski definition) is 2. The van der Waals surface area contributed by atoms with E-state index in [2.05, 4.69) is 44.1 Å². The van der Waals surface area contributed by atoms with Crippen LogP contribution in [-0.4, -0.2) is 24.1 Å². The third-order valence-corrected chi connectivity index (χ3v) is 3.31. The van der Waals surface area contributed by atoms with Crippen molar-refractivity contribution in [1.82, 2.24) is 10.3 Å². The zero-order valence-electron chi connectivity index (χ0n) is 11.4. The molecule has 0 aliphatic heterocycles. The highest BCUT2D eigenvalue weighted by molar-refractivity contribution is 5.20. The summed E-state index contributed by atoms with van der Waals surface area (Å²) in [7, 11) is 0. The second-order valence-electron chi connectivity index (χ2n) is 5.59. The Morgan fingerprint density at radius 1 is 1.41 bits per heavy atom. The van der Waals surface area contributed by atoms with E-state index >= 15 is 0 Å². The maximum Gasteiger partial charge on any atom is 0.0305 e. The maximum atomic E-state index is 5.77. The lowest BCUT2D eigenvalue weighted by atomic mass is 9.85. The molecule has 0 saturated carbocycles. The van der Waals surface area contributed by atoms with Crippen LogP contribution in [0.15, 0.2) is 24.5 Å². The Morgan fingerprint density at radius 2 is 2.12 bits per heavy atom. The highest BCUT2D eigenvalue weighted by Crippen LogP contribution is 2.21. The number of nitrogens with zero attached hydrogens (tertiary/aromatic N) is 1. The number of pyridine rings is 1. The normalized spacial score (nSPS) is 14.0. The van der Waals surface area contributed by atoms with Gasteiger partial charge in [0.05, 0.1) is 0 Å². The molecule has 0 radical (unpaired) electrons.